The first-order valence-electron chi connectivity index (χ1n) is 13.4. The molecule has 1 saturated carbocycles. The minimum absolute atomic E-state index is 0.113. The van der Waals surface area contributed by atoms with Gasteiger partial charge in [-0.3, -0.25) is 9.36 Å². The normalized spacial score (nSPS) is 18.0. The summed E-state index contributed by atoms with van der Waals surface area (Å²) in [5.74, 6) is 2.39. The van der Waals surface area contributed by atoms with Gasteiger partial charge < -0.3 is 14.5 Å². The molecule has 6 rings (SSSR count). The second-order valence-electron chi connectivity index (χ2n) is 10.6. The number of sulfone groups is 1. The molecule has 1 unspecified atom stereocenters. The number of nitrogens with one attached hydrogen (secondary N) is 1. The van der Waals surface area contributed by atoms with Crippen LogP contribution in [-0.2, 0) is 25.8 Å². The number of benzene rings is 1. The van der Waals surface area contributed by atoms with E-state index in [0.717, 1.165) is 43.7 Å². The first-order valence-corrected chi connectivity index (χ1v) is 15.3. The molecular weight excluding hydrogens is 516 g/mol. The Labute approximate surface area is 227 Å². The third-order valence-corrected chi connectivity index (χ3v) is 8.52. The van der Waals surface area contributed by atoms with Gasteiger partial charge in [-0.2, -0.15) is 0 Å². The molecule has 4 heterocycles. The van der Waals surface area contributed by atoms with Gasteiger partial charge in [-0.1, -0.05) is 0 Å². The Morgan fingerprint density at radius 2 is 1.87 bits per heavy atom. The van der Waals surface area contributed by atoms with Gasteiger partial charge in [-0.15, -0.1) is 0 Å². The number of nitrogens with zero attached hydrogens (tertiary/aromatic N) is 3. The van der Waals surface area contributed by atoms with Gasteiger partial charge in [-0.05, 0) is 82.3 Å². The van der Waals surface area contributed by atoms with Crippen LogP contribution in [0.1, 0.15) is 55.6 Å². The lowest BCUT2D eigenvalue weighted by molar-refractivity contribution is -0.119. The molecule has 204 valence electrons. The molecule has 2 aliphatic rings. The van der Waals surface area contributed by atoms with E-state index in [1.807, 2.05) is 42.7 Å². The number of hydrogen-bond acceptors (Lipinski definition) is 8. The highest BCUT2D eigenvalue weighted by molar-refractivity contribution is 7.90. The maximum Gasteiger partial charge on any atom is 0.177 e. The van der Waals surface area contributed by atoms with E-state index in [0.29, 0.717) is 46.2 Å². The zero-order valence-corrected chi connectivity index (χ0v) is 23.2. The van der Waals surface area contributed by atoms with Crippen LogP contribution in [0.25, 0.3) is 22.5 Å². The lowest BCUT2D eigenvalue weighted by Crippen LogP contribution is -2.19. The standard InChI is InChI=1S/C29H32N4O5S/c1-17-7-12-25(38-17)20-10-11-22(26(14-20)39(3,35)36)32-23-15-21(16-24(34)19-8-9-19)31-29-28(23)30-18(2)33(29)27-6-4-5-13-37-27/h7,10-12,14-15,19,27H,4-6,8-9,13,16H2,1-3H3,(H,31,32). The number of anilines is 2. The Bertz CT molecular complexity index is 1680. The number of hydrogen-bond donors (Lipinski definition) is 1. The molecule has 0 bridgehead atoms. The molecule has 1 saturated heterocycles. The lowest BCUT2D eigenvalue weighted by atomic mass is 10.1. The summed E-state index contributed by atoms with van der Waals surface area (Å²) < 4.78 is 39.6. The summed E-state index contributed by atoms with van der Waals surface area (Å²) in [6.07, 6.45) is 6.01. The predicted octanol–water partition coefficient (Wildman–Crippen LogP) is 5.68. The second kappa shape index (κ2) is 9.91. The number of carbonyl (C=O) groups is 1. The van der Waals surface area contributed by atoms with Crippen LogP contribution in [-0.4, -0.2) is 41.6 Å². The highest BCUT2D eigenvalue weighted by atomic mass is 32.2. The van der Waals surface area contributed by atoms with Crippen LogP contribution in [0, 0.1) is 19.8 Å². The maximum absolute atomic E-state index is 12.9. The summed E-state index contributed by atoms with van der Waals surface area (Å²) in [7, 11) is -3.60. The fraction of sp³-hybridized carbons (Fsp3) is 0.414. The molecule has 0 radical (unpaired) electrons. The number of rotatable bonds is 8. The Hall–Kier alpha value is -3.50. The summed E-state index contributed by atoms with van der Waals surface area (Å²) in [6, 6.07) is 10.7. The van der Waals surface area contributed by atoms with Gasteiger partial charge >= 0.3 is 0 Å². The van der Waals surface area contributed by atoms with E-state index >= 15 is 0 Å². The van der Waals surface area contributed by atoms with Crippen LogP contribution < -0.4 is 5.32 Å². The Morgan fingerprint density at radius 3 is 2.54 bits per heavy atom. The molecule has 1 N–H and O–H groups in total. The third kappa shape index (κ3) is 5.23. The fourth-order valence-corrected chi connectivity index (χ4v) is 6.09. The van der Waals surface area contributed by atoms with E-state index in [1.54, 1.807) is 12.1 Å². The smallest absolute Gasteiger partial charge is 0.177 e. The quantitative estimate of drug-likeness (QED) is 0.299. The highest BCUT2D eigenvalue weighted by Crippen LogP contribution is 2.36. The van der Waals surface area contributed by atoms with Crippen molar-refractivity contribution in [2.75, 3.05) is 18.2 Å². The van der Waals surface area contributed by atoms with Gasteiger partial charge in [0, 0.05) is 30.8 Å². The molecule has 3 aromatic heterocycles. The molecule has 1 aliphatic carbocycles. The Kier molecular flexibility index (Phi) is 6.55. The summed E-state index contributed by atoms with van der Waals surface area (Å²) in [4.78, 5) is 22.6. The van der Waals surface area contributed by atoms with Crippen molar-refractivity contribution in [3.63, 3.8) is 0 Å². The number of pyridine rings is 1. The van der Waals surface area contributed by atoms with E-state index in [9.17, 15) is 13.2 Å². The molecule has 10 heteroatoms. The molecule has 39 heavy (non-hydrogen) atoms. The largest absolute Gasteiger partial charge is 0.461 e. The molecule has 1 aliphatic heterocycles. The molecular formula is C29H32N4O5S. The molecule has 4 aromatic rings. The Balaban J connectivity index is 1.46. The van der Waals surface area contributed by atoms with Crippen LogP contribution in [0.3, 0.4) is 0 Å². The SMILES string of the molecule is Cc1ccc(-c2ccc(Nc3cc(CC(=O)C4CC4)nc4c3nc(C)n4C3CCCCO3)c(S(C)(=O)=O)c2)o1. The van der Waals surface area contributed by atoms with Crippen LogP contribution in [0.4, 0.5) is 11.4 Å². The van der Waals surface area contributed by atoms with E-state index in [1.165, 1.54) is 6.26 Å². The van der Waals surface area contributed by atoms with Crippen molar-refractivity contribution < 1.29 is 22.4 Å². The van der Waals surface area contributed by atoms with Crippen molar-refractivity contribution in [3.8, 4) is 11.3 Å². The lowest BCUT2D eigenvalue weighted by Gasteiger charge is -2.25. The number of ether oxygens (including phenoxy) is 1. The fourth-order valence-electron chi connectivity index (χ4n) is 5.23. The average molecular weight is 549 g/mol. The minimum atomic E-state index is -3.60. The molecule has 1 atom stereocenters. The van der Waals surface area contributed by atoms with Crippen LogP contribution in [0.15, 0.2) is 45.7 Å². The van der Waals surface area contributed by atoms with E-state index in [-0.39, 0.29) is 29.2 Å². The van der Waals surface area contributed by atoms with Crippen LogP contribution in [0.2, 0.25) is 0 Å². The van der Waals surface area contributed by atoms with E-state index in [2.05, 4.69) is 5.32 Å². The predicted molar refractivity (Wildman–Crippen MR) is 148 cm³/mol. The minimum Gasteiger partial charge on any atom is -0.461 e. The van der Waals surface area contributed by atoms with E-state index < -0.39 is 9.84 Å². The summed E-state index contributed by atoms with van der Waals surface area (Å²) in [5.41, 5.74) is 3.54. The number of carbonyl (C=O) groups excluding carboxylic acids is 1. The average Bonchev–Trinajstić information content (AvgIpc) is 3.58. The van der Waals surface area contributed by atoms with Crippen molar-refractivity contribution >= 4 is 38.2 Å². The topological polar surface area (TPSA) is 116 Å². The second-order valence-corrected chi connectivity index (χ2v) is 12.6. The molecule has 9 nitrogen and oxygen atoms in total. The monoisotopic (exact) mass is 548 g/mol. The third-order valence-electron chi connectivity index (χ3n) is 7.38. The number of aryl methyl sites for hydroxylation is 2. The van der Waals surface area contributed by atoms with Gasteiger partial charge in [0.15, 0.2) is 15.5 Å². The highest BCUT2D eigenvalue weighted by Gasteiger charge is 2.30. The Morgan fingerprint density at radius 1 is 1.05 bits per heavy atom. The van der Waals surface area contributed by atoms with Gasteiger partial charge in [0.1, 0.15) is 34.9 Å². The summed E-state index contributed by atoms with van der Waals surface area (Å²) in [6.45, 7) is 4.44. The molecule has 1 aromatic carbocycles. The van der Waals surface area contributed by atoms with Crippen molar-refractivity contribution in [1.29, 1.82) is 0 Å². The zero-order chi connectivity index (χ0) is 27.3. The first-order chi connectivity index (χ1) is 18.7. The molecule has 2 fully saturated rings. The first kappa shape index (κ1) is 25.8. The number of fused-ring (bicyclic) bond motifs is 1. The van der Waals surface area contributed by atoms with Gasteiger partial charge in [0.05, 0.1) is 22.0 Å². The maximum atomic E-state index is 12.9. The van der Waals surface area contributed by atoms with Crippen LogP contribution >= 0.6 is 0 Å². The van der Waals surface area contributed by atoms with Gasteiger partial charge in [-0.25, -0.2) is 18.4 Å². The van der Waals surface area contributed by atoms with Crippen molar-refractivity contribution in [2.45, 2.75) is 63.5 Å². The number of Topliss-reactive ketones (excluding diaryl/α,β-unsaturated/α-hetero) is 1. The molecule has 0 spiro atoms. The summed E-state index contributed by atoms with van der Waals surface area (Å²) >= 11 is 0. The number of ketones is 1. The van der Waals surface area contributed by atoms with E-state index in [4.69, 9.17) is 19.1 Å². The number of imidazole rings is 1. The van der Waals surface area contributed by atoms with Crippen LogP contribution in [0.5, 0.6) is 0 Å². The molecule has 0 amide bonds. The number of aromatic nitrogens is 3. The van der Waals surface area contributed by atoms with Gasteiger partial charge in [0.2, 0.25) is 0 Å². The van der Waals surface area contributed by atoms with Crippen molar-refractivity contribution in [1.82, 2.24) is 14.5 Å². The van der Waals surface area contributed by atoms with Crippen molar-refractivity contribution in [2.24, 2.45) is 5.92 Å². The van der Waals surface area contributed by atoms with Crippen molar-refractivity contribution in [3.05, 3.63) is 53.7 Å². The summed E-state index contributed by atoms with van der Waals surface area (Å²) in [5, 5.41) is 3.33. The zero-order valence-electron chi connectivity index (χ0n) is 22.4. The van der Waals surface area contributed by atoms with Gasteiger partial charge in [0.25, 0.3) is 0 Å². The number of furan rings is 1.